The predicted octanol–water partition coefficient (Wildman–Crippen LogP) is 4.16. The molecule has 3 aromatic carbocycles. The molecule has 22 heavy (non-hydrogen) atoms. The molecule has 0 aliphatic rings. The van der Waals surface area contributed by atoms with E-state index in [-0.39, 0.29) is 0 Å². The van der Waals surface area contributed by atoms with Crippen LogP contribution in [0.25, 0.3) is 0 Å². The fourth-order valence-corrected chi connectivity index (χ4v) is 4.94. The standard InChI is InChI=1S/C20H20P2/c1-3-7-19(8-4-1)21-15-17-11-13-18(14-12-17)16-22-20-9-5-2-6-10-20/h1-14,21-22H,15-16H2/p+2. The van der Waals surface area contributed by atoms with E-state index in [2.05, 4.69) is 84.9 Å². The van der Waals surface area contributed by atoms with Crippen molar-refractivity contribution < 1.29 is 0 Å². The van der Waals surface area contributed by atoms with Gasteiger partial charge in [-0.3, -0.25) is 0 Å². The third-order valence-electron chi connectivity index (χ3n) is 3.77. The Kier molecular flexibility index (Phi) is 5.77. The van der Waals surface area contributed by atoms with Crippen molar-refractivity contribution in [3.8, 4) is 0 Å². The largest absolute Gasteiger partial charge is 0.0893 e. The molecule has 0 saturated carbocycles. The van der Waals surface area contributed by atoms with Crippen LogP contribution in [0.1, 0.15) is 11.1 Å². The van der Waals surface area contributed by atoms with E-state index in [0.717, 1.165) is 0 Å². The second kappa shape index (κ2) is 8.23. The van der Waals surface area contributed by atoms with E-state index < -0.39 is 0 Å². The maximum atomic E-state index is 2.32. The van der Waals surface area contributed by atoms with Crippen molar-refractivity contribution in [2.45, 2.75) is 12.3 Å². The molecule has 3 aromatic rings. The molecule has 2 heteroatoms. The summed E-state index contributed by atoms with van der Waals surface area (Å²) >= 11 is 0. The molecule has 0 aliphatic carbocycles. The van der Waals surface area contributed by atoms with E-state index in [9.17, 15) is 0 Å². The van der Waals surface area contributed by atoms with Gasteiger partial charge in [-0.25, -0.2) is 0 Å². The Labute approximate surface area is 136 Å². The van der Waals surface area contributed by atoms with Crippen LogP contribution in [0.2, 0.25) is 0 Å². The number of hydrogen-bond acceptors (Lipinski definition) is 0. The van der Waals surface area contributed by atoms with E-state index in [4.69, 9.17) is 0 Å². The van der Waals surface area contributed by atoms with Gasteiger partial charge < -0.3 is 0 Å². The zero-order chi connectivity index (χ0) is 15.0. The molecule has 0 radical (unpaired) electrons. The van der Waals surface area contributed by atoms with Gasteiger partial charge in [-0.15, -0.1) is 0 Å². The van der Waals surface area contributed by atoms with Gasteiger partial charge in [0, 0.05) is 17.2 Å². The van der Waals surface area contributed by atoms with Gasteiger partial charge in [-0.1, -0.05) is 60.7 Å². The Balaban J connectivity index is 1.52. The minimum absolute atomic E-state index is 0.346. The number of benzene rings is 3. The molecule has 0 amide bonds. The fourth-order valence-electron chi connectivity index (χ4n) is 2.46. The Hall–Kier alpha value is -1.48. The summed E-state index contributed by atoms with van der Waals surface area (Å²) in [4.78, 5) is 0. The molecule has 110 valence electrons. The Morgan fingerprint density at radius 2 is 0.818 bits per heavy atom. The van der Waals surface area contributed by atoms with Crippen LogP contribution in [0.5, 0.6) is 0 Å². The molecule has 0 saturated heterocycles. The molecule has 0 aliphatic heterocycles. The van der Waals surface area contributed by atoms with Gasteiger partial charge >= 0.3 is 0 Å². The minimum Gasteiger partial charge on any atom is -0.0620 e. The van der Waals surface area contributed by atoms with Gasteiger partial charge in [0.05, 0.1) is 22.9 Å². The Morgan fingerprint density at radius 3 is 1.18 bits per heavy atom. The maximum absolute atomic E-state index is 2.32. The first-order chi connectivity index (χ1) is 10.9. The van der Waals surface area contributed by atoms with Gasteiger partial charge in [0.1, 0.15) is 0 Å². The first-order valence-electron chi connectivity index (χ1n) is 7.74. The SMILES string of the molecule is c1ccc([PH2+]Cc2ccc(C[PH2+]c3ccccc3)cc2)cc1. The summed E-state index contributed by atoms with van der Waals surface area (Å²) in [5, 5.41) is 3.00. The second-order valence-corrected chi connectivity index (χ2v) is 8.42. The first kappa shape index (κ1) is 15.4. The van der Waals surface area contributed by atoms with Gasteiger partial charge in [0.15, 0.2) is 0 Å². The highest BCUT2D eigenvalue weighted by atomic mass is 31.1. The van der Waals surface area contributed by atoms with Crippen LogP contribution >= 0.6 is 17.2 Å². The molecule has 0 heterocycles. The lowest BCUT2D eigenvalue weighted by atomic mass is 10.2. The summed E-state index contributed by atoms with van der Waals surface area (Å²) in [6, 6.07) is 31.0. The van der Waals surface area contributed by atoms with Gasteiger partial charge in [0.25, 0.3) is 0 Å². The molecule has 2 atom stereocenters. The molecular formula is C20H22P2+2. The van der Waals surface area contributed by atoms with E-state index in [1.54, 1.807) is 0 Å². The first-order valence-corrected chi connectivity index (χ1v) is 10.5. The zero-order valence-electron chi connectivity index (χ0n) is 12.7. The van der Waals surface area contributed by atoms with Crippen molar-refractivity contribution in [3.63, 3.8) is 0 Å². The highest BCUT2D eigenvalue weighted by molar-refractivity contribution is 7.46. The van der Waals surface area contributed by atoms with Gasteiger partial charge in [-0.2, -0.15) is 0 Å². The molecule has 2 unspecified atom stereocenters. The normalized spacial score (nSPS) is 11.6. The van der Waals surface area contributed by atoms with Crippen LogP contribution < -0.4 is 10.6 Å². The lowest BCUT2D eigenvalue weighted by molar-refractivity contribution is 1.34. The summed E-state index contributed by atoms with van der Waals surface area (Å²) in [7, 11) is 0.692. The molecule has 0 aromatic heterocycles. The lowest BCUT2D eigenvalue weighted by Crippen LogP contribution is -1.94. The topological polar surface area (TPSA) is 0 Å². The second-order valence-electron chi connectivity index (χ2n) is 5.45. The molecule has 0 fully saturated rings. The fraction of sp³-hybridized carbons (Fsp3) is 0.100. The molecule has 0 spiro atoms. The molecule has 0 nitrogen and oxygen atoms in total. The molecule has 3 rings (SSSR count). The van der Waals surface area contributed by atoms with Crippen LogP contribution in [0.15, 0.2) is 84.9 Å². The third kappa shape index (κ3) is 4.77. The van der Waals surface area contributed by atoms with Crippen LogP contribution in [0, 0.1) is 0 Å². The van der Waals surface area contributed by atoms with Crippen molar-refractivity contribution in [1.82, 2.24) is 0 Å². The van der Waals surface area contributed by atoms with E-state index in [1.165, 1.54) is 34.1 Å². The third-order valence-corrected chi connectivity index (χ3v) is 6.83. The summed E-state index contributed by atoms with van der Waals surface area (Å²) in [6.45, 7) is 0. The Morgan fingerprint density at radius 1 is 0.455 bits per heavy atom. The quantitative estimate of drug-likeness (QED) is 0.597. The smallest absolute Gasteiger partial charge is 0.0620 e. The summed E-state index contributed by atoms with van der Waals surface area (Å²) in [5.74, 6) is 0. The summed E-state index contributed by atoms with van der Waals surface area (Å²) in [5.41, 5.74) is 2.94. The van der Waals surface area contributed by atoms with Crippen LogP contribution in [-0.4, -0.2) is 0 Å². The van der Waals surface area contributed by atoms with Crippen LogP contribution in [-0.2, 0) is 12.3 Å². The molecular weight excluding hydrogens is 302 g/mol. The van der Waals surface area contributed by atoms with Crippen molar-refractivity contribution in [2.75, 3.05) is 0 Å². The highest BCUT2D eigenvalue weighted by Crippen LogP contribution is 2.21. The van der Waals surface area contributed by atoms with Crippen molar-refractivity contribution >= 4 is 27.8 Å². The summed E-state index contributed by atoms with van der Waals surface area (Å²) < 4.78 is 0. The molecule has 0 bridgehead atoms. The minimum atomic E-state index is 0.346. The van der Waals surface area contributed by atoms with Crippen molar-refractivity contribution in [3.05, 3.63) is 96.1 Å². The zero-order valence-corrected chi connectivity index (χ0v) is 15.0. The Bertz CT molecular complexity index is 613. The predicted molar refractivity (Wildman–Crippen MR) is 105 cm³/mol. The van der Waals surface area contributed by atoms with Crippen molar-refractivity contribution in [1.29, 1.82) is 0 Å². The lowest BCUT2D eigenvalue weighted by Gasteiger charge is -2.00. The highest BCUT2D eigenvalue weighted by Gasteiger charge is 2.04. The monoisotopic (exact) mass is 324 g/mol. The van der Waals surface area contributed by atoms with E-state index >= 15 is 0 Å². The maximum Gasteiger partial charge on any atom is 0.0893 e. The summed E-state index contributed by atoms with van der Waals surface area (Å²) in [6.07, 6.45) is 2.41. The average Bonchev–Trinajstić information content (AvgIpc) is 2.61. The van der Waals surface area contributed by atoms with E-state index in [1.807, 2.05) is 0 Å². The van der Waals surface area contributed by atoms with Gasteiger partial charge in [0.2, 0.25) is 0 Å². The van der Waals surface area contributed by atoms with Crippen LogP contribution in [0.3, 0.4) is 0 Å². The van der Waals surface area contributed by atoms with Crippen LogP contribution in [0.4, 0.5) is 0 Å². The average molecular weight is 324 g/mol. The van der Waals surface area contributed by atoms with Crippen molar-refractivity contribution in [2.24, 2.45) is 0 Å². The van der Waals surface area contributed by atoms with Gasteiger partial charge in [-0.05, 0) is 35.4 Å². The van der Waals surface area contributed by atoms with E-state index in [0.29, 0.717) is 17.2 Å². The molecule has 0 N–H and O–H groups in total. The number of hydrogen-bond donors (Lipinski definition) is 0. The number of rotatable bonds is 6.